The summed E-state index contributed by atoms with van der Waals surface area (Å²) in [6.07, 6.45) is 0. The molecule has 0 N–H and O–H groups in total. The van der Waals surface area contributed by atoms with Crippen molar-refractivity contribution >= 4 is 21.8 Å². The van der Waals surface area contributed by atoms with E-state index < -0.39 is 0 Å². The maximum atomic E-state index is 2.50. The summed E-state index contributed by atoms with van der Waals surface area (Å²) in [6, 6.07) is 32.1. The Bertz CT molecular complexity index is 1460. The molecule has 5 rings (SSSR count). The fraction of sp³-hybridized carbons (Fsp3) is 0.333. The van der Waals surface area contributed by atoms with Crippen molar-refractivity contribution in [3.05, 3.63) is 96.1 Å². The van der Waals surface area contributed by atoms with Crippen LogP contribution in [0.1, 0.15) is 73.4 Å². The molecule has 37 heavy (non-hydrogen) atoms. The zero-order valence-electron chi connectivity index (χ0n) is 24.0. The third-order valence-electron chi connectivity index (χ3n) is 7.60. The molecule has 5 aromatic rings. The molecule has 0 bridgehead atoms. The van der Waals surface area contributed by atoms with Gasteiger partial charge in [-0.15, -0.1) is 0 Å². The second kappa shape index (κ2) is 8.62. The van der Waals surface area contributed by atoms with Crippen molar-refractivity contribution in [2.45, 2.75) is 78.7 Å². The molecule has 0 amide bonds. The molecule has 0 aliphatic carbocycles. The summed E-state index contributed by atoms with van der Waals surface area (Å²) in [7, 11) is 0. The number of benzene rings is 4. The van der Waals surface area contributed by atoms with Crippen LogP contribution in [0.15, 0.2) is 84.9 Å². The monoisotopic (exact) mass is 487 g/mol. The number of rotatable bonds is 2. The van der Waals surface area contributed by atoms with E-state index in [0.717, 1.165) is 0 Å². The van der Waals surface area contributed by atoms with Crippen LogP contribution < -0.4 is 0 Å². The first-order valence-electron chi connectivity index (χ1n) is 13.5. The van der Waals surface area contributed by atoms with Crippen molar-refractivity contribution < 1.29 is 0 Å². The predicted molar refractivity (Wildman–Crippen MR) is 163 cm³/mol. The van der Waals surface area contributed by atoms with E-state index in [1.165, 1.54) is 55.2 Å². The predicted octanol–water partition coefficient (Wildman–Crippen LogP) is 10.5. The third kappa shape index (κ3) is 4.73. The quantitative estimate of drug-likeness (QED) is 0.233. The number of hydrogen-bond acceptors (Lipinski definition) is 0. The number of hydrogen-bond donors (Lipinski definition) is 0. The van der Waals surface area contributed by atoms with Gasteiger partial charge in [0.05, 0.1) is 0 Å². The molecule has 4 aromatic carbocycles. The zero-order valence-corrected chi connectivity index (χ0v) is 24.0. The van der Waals surface area contributed by atoms with Crippen LogP contribution in [0.3, 0.4) is 0 Å². The second-order valence-corrected chi connectivity index (χ2v) is 13.6. The molecule has 0 fully saturated rings. The summed E-state index contributed by atoms with van der Waals surface area (Å²) in [5.74, 6) is 0. The second-order valence-electron chi connectivity index (χ2n) is 13.6. The van der Waals surface area contributed by atoms with E-state index in [0.29, 0.717) is 0 Å². The lowest BCUT2D eigenvalue weighted by molar-refractivity contribution is 0.423. The van der Waals surface area contributed by atoms with Gasteiger partial charge >= 0.3 is 0 Å². The molecular weight excluding hydrogens is 446 g/mol. The maximum Gasteiger partial charge on any atom is 0.0496 e. The van der Waals surface area contributed by atoms with Gasteiger partial charge in [-0.3, -0.25) is 0 Å². The highest BCUT2D eigenvalue weighted by molar-refractivity contribution is 6.10. The molecule has 0 aliphatic heterocycles. The summed E-state index contributed by atoms with van der Waals surface area (Å²) < 4.78 is 2.50. The molecule has 0 atom stereocenters. The van der Waals surface area contributed by atoms with Gasteiger partial charge in [-0.05, 0) is 89.2 Å². The summed E-state index contributed by atoms with van der Waals surface area (Å²) in [4.78, 5) is 0. The Morgan fingerprint density at radius 3 is 1.03 bits per heavy atom. The largest absolute Gasteiger partial charge is 0.335 e. The highest BCUT2D eigenvalue weighted by Gasteiger charge is 2.22. The molecule has 1 nitrogen and oxygen atoms in total. The Kier molecular flexibility index (Phi) is 5.90. The zero-order chi connectivity index (χ0) is 26.8. The van der Waals surface area contributed by atoms with Crippen molar-refractivity contribution in [3.63, 3.8) is 0 Å². The van der Waals surface area contributed by atoms with Gasteiger partial charge in [0.25, 0.3) is 0 Å². The molecule has 1 aromatic heterocycles. The smallest absolute Gasteiger partial charge is 0.0496 e. The molecule has 1 heterocycles. The van der Waals surface area contributed by atoms with Gasteiger partial charge < -0.3 is 4.57 Å². The normalized spacial score (nSPS) is 13.0. The first-order chi connectivity index (χ1) is 17.2. The number of nitrogens with zero attached hydrogens (tertiary/aromatic N) is 1. The van der Waals surface area contributed by atoms with Crippen LogP contribution in [-0.4, -0.2) is 4.57 Å². The summed E-state index contributed by atoms with van der Waals surface area (Å²) in [5, 5.41) is 2.63. The lowest BCUT2D eigenvalue weighted by atomic mass is 9.86. The lowest BCUT2D eigenvalue weighted by Gasteiger charge is -2.24. The summed E-state index contributed by atoms with van der Waals surface area (Å²) in [6.45, 7) is 20.5. The van der Waals surface area contributed by atoms with E-state index >= 15 is 0 Å². The van der Waals surface area contributed by atoms with Crippen LogP contribution in [0.4, 0.5) is 0 Å². The summed E-state index contributed by atoms with van der Waals surface area (Å²) >= 11 is 0. The minimum Gasteiger partial charge on any atom is -0.335 e. The molecule has 0 spiro atoms. The number of aromatic nitrogens is 1. The highest BCUT2D eigenvalue weighted by Crippen LogP contribution is 2.39. The maximum absolute atomic E-state index is 2.50. The van der Waals surface area contributed by atoms with Gasteiger partial charge in [-0.2, -0.15) is 0 Å². The average Bonchev–Trinajstić information content (AvgIpc) is 3.16. The van der Waals surface area contributed by atoms with Gasteiger partial charge in [0.2, 0.25) is 0 Å². The molecule has 1 heteroatoms. The fourth-order valence-electron chi connectivity index (χ4n) is 5.43. The van der Waals surface area contributed by atoms with Gasteiger partial charge in [0.1, 0.15) is 0 Å². The Hall–Kier alpha value is -3.32. The first kappa shape index (κ1) is 25.3. The molecule has 0 unspecified atom stereocenters. The molecule has 0 radical (unpaired) electrons. The van der Waals surface area contributed by atoms with E-state index in [-0.39, 0.29) is 16.4 Å². The number of fused-ring (bicyclic) bond motifs is 3. The minimum absolute atomic E-state index is 0.0221. The first-order valence-corrected chi connectivity index (χ1v) is 13.5. The van der Waals surface area contributed by atoms with Crippen LogP contribution >= 0.6 is 0 Å². The highest BCUT2D eigenvalue weighted by atomic mass is 15.0. The van der Waals surface area contributed by atoms with Crippen LogP contribution in [0.2, 0.25) is 0 Å². The van der Waals surface area contributed by atoms with E-state index in [9.17, 15) is 0 Å². The van der Waals surface area contributed by atoms with E-state index in [2.05, 4.69) is 152 Å². The van der Waals surface area contributed by atoms with Crippen LogP contribution in [0.5, 0.6) is 0 Å². The Balaban J connectivity index is 1.68. The molecular formula is C36H41N. The van der Waals surface area contributed by atoms with Gasteiger partial charge in [0.15, 0.2) is 0 Å². The molecule has 0 saturated heterocycles. The van der Waals surface area contributed by atoms with E-state index in [4.69, 9.17) is 0 Å². The lowest BCUT2D eigenvalue weighted by Crippen LogP contribution is -2.21. The molecule has 0 aliphatic rings. The van der Waals surface area contributed by atoms with Gasteiger partial charge in [-0.1, -0.05) is 102 Å². The van der Waals surface area contributed by atoms with Crippen molar-refractivity contribution in [1.82, 2.24) is 4.57 Å². The molecule has 190 valence electrons. The Labute approximate surface area is 223 Å². The van der Waals surface area contributed by atoms with Crippen LogP contribution in [0, 0.1) is 0 Å². The SMILES string of the molecule is CC(C)(C)c1ccc(-c2ccc3c(c2)c2cc(-c4ccc(C(C)(C)C)cc4)ccc2n3C(C)(C)C)cc1. The van der Waals surface area contributed by atoms with E-state index in [1.54, 1.807) is 0 Å². The Morgan fingerprint density at radius 1 is 0.405 bits per heavy atom. The topological polar surface area (TPSA) is 4.93 Å². The summed E-state index contributed by atoms with van der Waals surface area (Å²) in [5.41, 5.74) is 10.7. The van der Waals surface area contributed by atoms with Crippen molar-refractivity contribution in [1.29, 1.82) is 0 Å². The van der Waals surface area contributed by atoms with Gasteiger partial charge in [-0.25, -0.2) is 0 Å². The van der Waals surface area contributed by atoms with Crippen molar-refractivity contribution in [3.8, 4) is 22.3 Å². The minimum atomic E-state index is -0.0221. The van der Waals surface area contributed by atoms with Crippen LogP contribution in [-0.2, 0) is 16.4 Å². The van der Waals surface area contributed by atoms with E-state index in [1.807, 2.05) is 0 Å². The standard InChI is InChI=1S/C36H41N/c1-34(2,3)28-16-10-24(11-17-28)26-14-20-32-30(22-26)31-23-27(15-21-33(31)37(32)36(7,8)9)25-12-18-29(19-13-25)35(4,5)6/h10-23H,1-9H3. The Morgan fingerprint density at radius 2 is 0.730 bits per heavy atom. The third-order valence-corrected chi connectivity index (χ3v) is 7.60. The average molecular weight is 488 g/mol. The van der Waals surface area contributed by atoms with Gasteiger partial charge in [0, 0.05) is 27.3 Å². The molecule has 0 saturated carbocycles. The van der Waals surface area contributed by atoms with Crippen molar-refractivity contribution in [2.24, 2.45) is 0 Å². The fourth-order valence-corrected chi connectivity index (χ4v) is 5.43. The van der Waals surface area contributed by atoms with Crippen LogP contribution in [0.25, 0.3) is 44.1 Å². The van der Waals surface area contributed by atoms with Crippen molar-refractivity contribution in [2.75, 3.05) is 0 Å².